The number of rotatable bonds is 0. The van der Waals surface area contributed by atoms with Crippen LogP contribution in [0.4, 0.5) is 0 Å². The molecule has 0 spiro atoms. The summed E-state index contributed by atoms with van der Waals surface area (Å²) in [4.78, 5) is 16.0. The topological polar surface area (TPSA) is 57.4 Å². The molecule has 3 aromatic rings. The van der Waals surface area contributed by atoms with Gasteiger partial charge in [0.25, 0.3) is 0 Å². The largest absolute Gasteiger partial charge is 0.355 e. The van der Waals surface area contributed by atoms with Gasteiger partial charge in [0.1, 0.15) is 0 Å². The van der Waals surface area contributed by atoms with Crippen molar-refractivity contribution in [3.63, 3.8) is 0 Å². The zero-order valence-electron chi connectivity index (χ0n) is 15.5. The third-order valence-electron chi connectivity index (χ3n) is 4.43. The second-order valence-corrected chi connectivity index (χ2v) is 8.98. The van der Waals surface area contributed by atoms with Gasteiger partial charge in [-0.2, -0.15) is 0 Å². The molecule has 8 bridgehead atoms. The van der Waals surface area contributed by atoms with Gasteiger partial charge in [-0.15, -0.1) is 0 Å². The van der Waals surface area contributed by atoms with Gasteiger partial charge in [0.15, 0.2) is 0 Å². The Bertz CT molecular complexity index is 1200. The average molecular weight is 415 g/mol. The molecule has 142 valence electrons. The highest BCUT2D eigenvalue weighted by Crippen LogP contribution is 2.27. The maximum absolute atomic E-state index is 4.62. The minimum Gasteiger partial charge on any atom is -0.355 e. The average Bonchev–Trinajstić information content (AvgIpc) is 3.50. The van der Waals surface area contributed by atoms with E-state index in [0.717, 1.165) is 44.8 Å². The first-order chi connectivity index (χ1) is 14.3. The Morgan fingerprint density at radius 2 is 1.10 bits per heavy atom. The van der Waals surface area contributed by atoms with Crippen LogP contribution >= 0.6 is 21.6 Å². The van der Waals surface area contributed by atoms with Crippen LogP contribution in [0.3, 0.4) is 0 Å². The van der Waals surface area contributed by atoms with E-state index in [2.05, 4.69) is 61.8 Å². The molecule has 0 fully saturated rings. The van der Waals surface area contributed by atoms with E-state index in [9.17, 15) is 0 Å². The maximum Gasteiger partial charge on any atom is 0.0659 e. The number of hydrogen-bond acceptors (Lipinski definition) is 4. The van der Waals surface area contributed by atoms with Crippen molar-refractivity contribution in [2.45, 2.75) is 0 Å². The van der Waals surface area contributed by atoms with Gasteiger partial charge in [-0.1, -0.05) is 27.7 Å². The SMILES string of the molecule is C1=CSSC1.C1=Cc2cc3ccc(cc4ccc(cc5nc(cc1n2)C=C5)[nH]4)[nH]3. The van der Waals surface area contributed by atoms with Crippen LogP contribution in [0.15, 0.2) is 60.0 Å². The van der Waals surface area contributed by atoms with Crippen LogP contribution in [0.2, 0.25) is 0 Å². The van der Waals surface area contributed by atoms with Gasteiger partial charge in [0, 0.05) is 27.8 Å². The molecule has 0 saturated carbocycles. The molecule has 3 aliphatic heterocycles. The van der Waals surface area contributed by atoms with Gasteiger partial charge >= 0.3 is 0 Å². The minimum absolute atomic E-state index is 0.915. The molecule has 0 unspecified atom stereocenters. The van der Waals surface area contributed by atoms with E-state index in [1.807, 2.05) is 64.1 Å². The van der Waals surface area contributed by atoms with Crippen LogP contribution < -0.4 is 0 Å². The molecular formula is C23H18N4S2. The number of H-pyrrole nitrogens is 2. The molecule has 4 nitrogen and oxygen atoms in total. The minimum atomic E-state index is 0.915. The molecular weight excluding hydrogens is 396 g/mol. The first-order valence-corrected chi connectivity index (χ1v) is 11.7. The Labute approximate surface area is 176 Å². The maximum atomic E-state index is 4.62. The Morgan fingerprint density at radius 1 is 0.621 bits per heavy atom. The number of nitrogens with zero attached hydrogens (tertiary/aromatic N) is 2. The standard InChI is InChI=1S/C20H14N4.C3H4S2/c1-2-14-10-16-5-6-18(23-16)12-20-8-7-19(24-20)11-17-4-3-15(22-17)9-13(1)21-14;1-2-4-5-3-1/h1-12,21-22H;1-2H,3H2. The van der Waals surface area contributed by atoms with Gasteiger partial charge < -0.3 is 9.97 Å². The van der Waals surface area contributed by atoms with Gasteiger partial charge in [0.2, 0.25) is 0 Å². The third kappa shape index (κ3) is 4.55. The first-order valence-electron chi connectivity index (χ1n) is 9.28. The van der Waals surface area contributed by atoms with Crippen LogP contribution in [-0.2, 0) is 0 Å². The highest BCUT2D eigenvalue weighted by molar-refractivity contribution is 8.78. The number of aromatic nitrogens is 4. The highest BCUT2D eigenvalue weighted by atomic mass is 33.1. The Hall–Kier alpha value is -2.96. The van der Waals surface area contributed by atoms with Crippen LogP contribution in [-0.4, -0.2) is 25.7 Å². The van der Waals surface area contributed by atoms with E-state index in [4.69, 9.17) is 0 Å². The summed E-state index contributed by atoms with van der Waals surface area (Å²) >= 11 is 0. The van der Waals surface area contributed by atoms with E-state index in [1.165, 1.54) is 5.75 Å². The fourth-order valence-electron chi connectivity index (χ4n) is 3.14. The second-order valence-electron chi connectivity index (χ2n) is 6.66. The predicted octanol–water partition coefficient (Wildman–Crippen LogP) is 6.55. The first kappa shape index (κ1) is 18.1. The Kier molecular flexibility index (Phi) is 5.11. The molecule has 0 aliphatic carbocycles. The van der Waals surface area contributed by atoms with E-state index in [1.54, 1.807) is 0 Å². The van der Waals surface area contributed by atoms with Crippen molar-refractivity contribution in [1.29, 1.82) is 0 Å². The lowest BCUT2D eigenvalue weighted by Crippen LogP contribution is -1.77. The molecule has 2 N–H and O–H groups in total. The van der Waals surface area contributed by atoms with Gasteiger partial charge in [0.05, 0.1) is 22.8 Å². The molecule has 0 aromatic carbocycles. The van der Waals surface area contributed by atoms with Crippen LogP contribution in [0.5, 0.6) is 0 Å². The Morgan fingerprint density at radius 3 is 1.52 bits per heavy atom. The van der Waals surface area contributed by atoms with Crippen molar-refractivity contribution >= 4 is 68.0 Å². The lowest BCUT2D eigenvalue weighted by atomic mass is 10.3. The van der Waals surface area contributed by atoms with Crippen LogP contribution in [0, 0.1) is 0 Å². The summed E-state index contributed by atoms with van der Waals surface area (Å²) in [5.74, 6) is 1.20. The monoisotopic (exact) mass is 414 g/mol. The smallest absolute Gasteiger partial charge is 0.0659 e. The molecule has 0 radical (unpaired) electrons. The van der Waals surface area contributed by atoms with E-state index in [0.29, 0.717) is 0 Å². The molecule has 6 heteroatoms. The van der Waals surface area contributed by atoms with Crippen molar-refractivity contribution in [2.24, 2.45) is 0 Å². The van der Waals surface area contributed by atoms with Crippen molar-refractivity contribution in [3.8, 4) is 0 Å². The summed E-state index contributed by atoms with van der Waals surface area (Å²) in [6.07, 6.45) is 10.2. The van der Waals surface area contributed by atoms with Gasteiger partial charge in [-0.05, 0) is 78.2 Å². The molecule has 6 heterocycles. The zero-order valence-corrected chi connectivity index (χ0v) is 17.1. The predicted molar refractivity (Wildman–Crippen MR) is 128 cm³/mol. The van der Waals surface area contributed by atoms with Crippen LogP contribution in [0.25, 0.3) is 46.4 Å². The summed E-state index contributed by atoms with van der Waals surface area (Å²) in [7, 11) is 3.69. The van der Waals surface area contributed by atoms with E-state index < -0.39 is 0 Å². The van der Waals surface area contributed by atoms with Crippen molar-refractivity contribution in [2.75, 3.05) is 5.75 Å². The Balaban J connectivity index is 0.000000319. The fraction of sp³-hybridized carbons (Fsp3) is 0.0435. The summed E-state index contributed by atoms with van der Waals surface area (Å²) in [6.45, 7) is 0. The van der Waals surface area contributed by atoms with Crippen molar-refractivity contribution < 1.29 is 0 Å². The molecule has 0 saturated heterocycles. The van der Waals surface area contributed by atoms with Gasteiger partial charge in [-0.3, -0.25) is 0 Å². The molecule has 3 aliphatic rings. The highest BCUT2D eigenvalue weighted by Gasteiger charge is 2.02. The second kappa shape index (κ2) is 8.19. The van der Waals surface area contributed by atoms with Crippen molar-refractivity contribution in [1.82, 2.24) is 19.9 Å². The summed E-state index contributed by atoms with van der Waals surface area (Å²) < 4.78 is 0. The van der Waals surface area contributed by atoms with Crippen molar-refractivity contribution in [3.05, 3.63) is 82.8 Å². The van der Waals surface area contributed by atoms with Gasteiger partial charge in [-0.25, -0.2) is 9.97 Å². The van der Waals surface area contributed by atoms with Crippen LogP contribution in [0.1, 0.15) is 22.8 Å². The summed E-state index contributed by atoms with van der Waals surface area (Å²) in [5, 5.41) is 2.12. The lowest BCUT2D eigenvalue weighted by Gasteiger charge is -1.86. The van der Waals surface area contributed by atoms with E-state index >= 15 is 0 Å². The van der Waals surface area contributed by atoms with E-state index in [-0.39, 0.29) is 0 Å². The third-order valence-corrected chi connectivity index (χ3v) is 6.34. The molecule has 0 amide bonds. The number of nitrogens with one attached hydrogen (secondary N) is 2. The molecule has 3 aromatic heterocycles. The summed E-state index contributed by atoms with van der Waals surface area (Å²) in [6, 6.07) is 16.4. The zero-order chi connectivity index (χ0) is 19.5. The normalized spacial score (nSPS) is 14.1. The fourth-order valence-corrected chi connectivity index (χ4v) is 4.71. The molecule has 0 atom stereocenters. The molecule has 29 heavy (non-hydrogen) atoms. The number of hydrogen-bond donors (Lipinski definition) is 2. The summed E-state index contributed by atoms with van der Waals surface area (Å²) in [5.41, 5.74) is 7.86. The molecule has 6 rings (SSSR count). The quantitative estimate of drug-likeness (QED) is 0.282. The number of fused-ring (bicyclic) bond motifs is 8. The number of aromatic amines is 2. The lowest BCUT2D eigenvalue weighted by molar-refractivity contribution is 1.28.